The average Bonchev–Trinajstić information content (AvgIpc) is 2.52. The van der Waals surface area contributed by atoms with Gasteiger partial charge in [-0.1, -0.05) is 39.7 Å². The van der Waals surface area contributed by atoms with E-state index in [2.05, 4.69) is 15.9 Å². The van der Waals surface area contributed by atoms with Crippen LogP contribution in [0.5, 0.6) is 5.75 Å². The zero-order valence-corrected chi connectivity index (χ0v) is 13.8. The number of esters is 1. The molecule has 0 heterocycles. The quantitative estimate of drug-likeness (QED) is 0.561. The van der Waals surface area contributed by atoms with Gasteiger partial charge in [-0.05, 0) is 36.4 Å². The molecule has 0 atom stereocenters. The Morgan fingerprint density at radius 2 is 1.77 bits per heavy atom. The van der Waals surface area contributed by atoms with Gasteiger partial charge < -0.3 is 9.47 Å². The molecule has 0 amide bonds. The molecule has 2 aromatic carbocycles. The Morgan fingerprint density at radius 1 is 1.05 bits per heavy atom. The Labute approximate surface area is 141 Å². The van der Waals surface area contributed by atoms with Gasteiger partial charge in [0, 0.05) is 15.1 Å². The summed E-state index contributed by atoms with van der Waals surface area (Å²) in [6.45, 7) is -0.604. The highest BCUT2D eigenvalue weighted by Crippen LogP contribution is 2.16. The Bertz CT molecular complexity index is 670. The molecular weight excluding hydrogens is 372 g/mol. The van der Waals surface area contributed by atoms with Crippen molar-refractivity contribution in [1.29, 1.82) is 0 Å². The fourth-order valence-corrected chi connectivity index (χ4v) is 2.06. The van der Waals surface area contributed by atoms with E-state index >= 15 is 0 Å². The van der Waals surface area contributed by atoms with Crippen molar-refractivity contribution in [2.24, 2.45) is 0 Å². The van der Waals surface area contributed by atoms with Gasteiger partial charge in [0.2, 0.25) is 0 Å². The van der Waals surface area contributed by atoms with Gasteiger partial charge in [0.05, 0.1) is 0 Å². The number of Topliss-reactive ketones (excluding diaryl/α,β-unsaturated/α-hetero) is 1. The molecule has 2 rings (SSSR count). The van der Waals surface area contributed by atoms with E-state index in [-0.39, 0.29) is 19.0 Å². The minimum atomic E-state index is -0.613. The maximum absolute atomic E-state index is 11.8. The van der Waals surface area contributed by atoms with Crippen molar-refractivity contribution in [3.05, 3.63) is 63.6 Å². The van der Waals surface area contributed by atoms with E-state index < -0.39 is 5.97 Å². The summed E-state index contributed by atoms with van der Waals surface area (Å²) in [4.78, 5) is 23.4. The molecule has 0 spiro atoms. The number of hydrogen-bond donors (Lipinski definition) is 0. The van der Waals surface area contributed by atoms with Crippen LogP contribution in [0.1, 0.15) is 10.4 Å². The number of ketones is 1. The van der Waals surface area contributed by atoms with Gasteiger partial charge in [-0.15, -0.1) is 0 Å². The van der Waals surface area contributed by atoms with Crippen molar-refractivity contribution in [3.8, 4) is 5.75 Å². The summed E-state index contributed by atoms with van der Waals surface area (Å²) in [5.74, 6) is -0.390. The van der Waals surface area contributed by atoms with Crippen LogP contribution in [0.4, 0.5) is 0 Å². The van der Waals surface area contributed by atoms with E-state index in [1.165, 1.54) is 6.07 Å². The van der Waals surface area contributed by atoms with Crippen LogP contribution in [-0.4, -0.2) is 25.0 Å². The lowest BCUT2D eigenvalue weighted by atomic mass is 10.1. The molecule has 0 saturated heterocycles. The first-order valence-corrected chi connectivity index (χ1v) is 7.54. The van der Waals surface area contributed by atoms with E-state index in [9.17, 15) is 9.59 Å². The largest absolute Gasteiger partial charge is 0.482 e. The Kier molecular flexibility index (Phi) is 5.98. The van der Waals surface area contributed by atoms with Crippen molar-refractivity contribution < 1.29 is 19.1 Å². The van der Waals surface area contributed by atoms with Gasteiger partial charge in [0.25, 0.3) is 0 Å². The number of ether oxygens (including phenoxy) is 2. The predicted octanol–water partition coefficient (Wildman–Crippen LogP) is 3.91. The lowest BCUT2D eigenvalue weighted by Crippen LogP contribution is -2.19. The molecule has 0 N–H and O–H groups in total. The molecule has 6 heteroatoms. The van der Waals surface area contributed by atoms with Crippen molar-refractivity contribution in [2.75, 3.05) is 13.2 Å². The highest BCUT2D eigenvalue weighted by atomic mass is 79.9. The van der Waals surface area contributed by atoms with Crippen molar-refractivity contribution in [1.82, 2.24) is 0 Å². The van der Waals surface area contributed by atoms with Gasteiger partial charge in [-0.2, -0.15) is 0 Å². The predicted molar refractivity (Wildman–Crippen MR) is 86.4 cm³/mol. The fraction of sp³-hybridized carbons (Fsp3) is 0.125. The van der Waals surface area contributed by atoms with Gasteiger partial charge in [-0.3, -0.25) is 4.79 Å². The van der Waals surface area contributed by atoms with Gasteiger partial charge in [-0.25, -0.2) is 4.79 Å². The summed E-state index contributed by atoms with van der Waals surface area (Å²) in [5, 5.41) is 0.454. The molecule has 0 saturated carbocycles. The standard InChI is InChI=1S/C16H12BrClO4/c17-12-4-6-14(7-5-12)21-10-16(20)22-9-15(19)11-2-1-3-13(18)8-11/h1-8H,9-10H2. The van der Waals surface area contributed by atoms with Crippen molar-refractivity contribution in [2.45, 2.75) is 0 Å². The lowest BCUT2D eigenvalue weighted by Gasteiger charge is -2.07. The third kappa shape index (κ3) is 5.16. The Morgan fingerprint density at radius 3 is 2.45 bits per heavy atom. The van der Waals surface area contributed by atoms with Crippen LogP contribution in [0.3, 0.4) is 0 Å². The first-order chi connectivity index (χ1) is 10.5. The molecule has 0 aliphatic carbocycles. The van der Waals surface area contributed by atoms with E-state index in [4.69, 9.17) is 21.1 Å². The van der Waals surface area contributed by atoms with E-state index in [0.717, 1.165) is 4.47 Å². The SMILES string of the molecule is O=C(COc1ccc(Br)cc1)OCC(=O)c1cccc(Cl)c1. The highest BCUT2D eigenvalue weighted by Gasteiger charge is 2.11. The molecule has 0 unspecified atom stereocenters. The van der Waals surface area contributed by atoms with Gasteiger partial charge in [0.15, 0.2) is 19.0 Å². The third-order valence-corrected chi connectivity index (χ3v) is 3.44. The fourth-order valence-electron chi connectivity index (χ4n) is 1.61. The second kappa shape index (κ2) is 7.96. The van der Waals surface area contributed by atoms with Crippen LogP contribution < -0.4 is 4.74 Å². The van der Waals surface area contributed by atoms with Crippen molar-refractivity contribution in [3.63, 3.8) is 0 Å². The van der Waals surface area contributed by atoms with Crippen LogP contribution in [0.2, 0.25) is 5.02 Å². The minimum Gasteiger partial charge on any atom is -0.482 e. The topological polar surface area (TPSA) is 52.6 Å². The first kappa shape index (κ1) is 16.5. The summed E-state index contributed by atoms with van der Waals surface area (Å²) < 4.78 is 11.0. The summed E-state index contributed by atoms with van der Waals surface area (Å²) in [7, 11) is 0. The molecule has 2 aromatic rings. The molecule has 4 nitrogen and oxygen atoms in total. The molecule has 0 aliphatic rings. The maximum atomic E-state index is 11.8. The normalized spacial score (nSPS) is 10.1. The number of carbonyl (C=O) groups excluding carboxylic acids is 2. The number of benzene rings is 2. The molecule has 0 aliphatic heterocycles. The Hall–Kier alpha value is -1.85. The summed E-state index contributed by atoms with van der Waals surface area (Å²) >= 11 is 9.10. The van der Waals surface area contributed by atoms with Crippen LogP contribution in [0.25, 0.3) is 0 Å². The molecule has 0 bridgehead atoms. The second-order valence-corrected chi connectivity index (χ2v) is 5.69. The highest BCUT2D eigenvalue weighted by molar-refractivity contribution is 9.10. The van der Waals surface area contributed by atoms with E-state index in [0.29, 0.717) is 16.3 Å². The molecule has 22 heavy (non-hydrogen) atoms. The molecule has 0 fully saturated rings. The first-order valence-electron chi connectivity index (χ1n) is 6.37. The van der Waals surface area contributed by atoms with Gasteiger partial charge in [0.1, 0.15) is 5.75 Å². The minimum absolute atomic E-state index is 0.259. The summed E-state index contributed by atoms with van der Waals surface area (Å²) in [6.07, 6.45) is 0. The smallest absolute Gasteiger partial charge is 0.344 e. The number of carbonyl (C=O) groups is 2. The van der Waals surface area contributed by atoms with E-state index in [1.807, 2.05) is 0 Å². The zero-order chi connectivity index (χ0) is 15.9. The van der Waals surface area contributed by atoms with Crippen molar-refractivity contribution >= 4 is 39.3 Å². The molecule has 0 radical (unpaired) electrons. The van der Waals surface area contributed by atoms with Crippen LogP contribution >= 0.6 is 27.5 Å². The summed E-state index contributed by atoms with van der Waals surface area (Å²) in [6, 6.07) is 13.5. The second-order valence-electron chi connectivity index (χ2n) is 4.34. The number of rotatable bonds is 6. The van der Waals surface area contributed by atoms with Gasteiger partial charge >= 0.3 is 5.97 Å². The number of hydrogen-bond acceptors (Lipinski definition) is 4. The lowest BCUT2D eigenvalue weighted by molar-refractivity contribution is -0.144. The number of halogens is 2. The third-order valence-electron chi connectivity index (χ3n) is 2.68. The Balaban J connectivity index is 1.78. The zero-order valence-electron chi connectivity index (χ0n) is 11.4. The summed E-state index contributed by atoms with van der Waals surface area (Å²) in [5.41, 5.74) is 0.397. The monoisotopic (exact) mass is 382 g/mol. The molecule has 0 aromatic heterocycles. The van der Waals surface area contributed by atoms with Crippen LogP contribution in [0, 0.1) is 0 Å². The van der Waals surface area contributed by atoms with E-state index in [1.54, 1.807) is 42.5 Å². The van der Waals surface area contributed by atoms with Crippen LogP contribution in [-0.2, 0) is 9.53 Å². The van der Waals surface area contributed by atoms with Crippen LogP contribution in [0.15, 0.2) is 53.0 Å². The maximum Gasteiger partial charge on any atom is 0.344 e. The molecular formula is C16H12BrClO4. The average molecular weight is 384 g/mol. The molecule has 114 valence electrons.